The lowest BCUT2D eigenvalue weighted by atomic mass is 10.1. The Morgan fingerprint density at radius 1 is 1.09 bits per heavy atom. The third kappa shape index (κ3) is 3.97. The van der Waals surface area contributed by atoms with Gasteiger partial charge in [-0.05, 0) is 49.6 Å². The van der Waals surface area contributed by atoms with Crippen molar-refractivity contribution in [2.75, 3.05) is 6.61 Å². The minimum absolute atomic E-state index is 0.0154. The average molecular weight is 309 g/mol. The molecule has 0 unspecified atom stereocenters. The highest BCUT2D eigenvalue weighted by Gasteiger charge is 2.23. The van der Waals surface area contributed by atoms with E-state index in [0.717, 1.165) is 18.4 Å². The van der Waals surface area contributed by atoms with Gasteiger partial charge in [-0.25, -0.2) is 0 Å². The summed E-state index contributed by atoms with van der Waals surface area (Å²) in [7, 11) is 0. The smallest absolute Gasteiger partial charge is 0.251 e. The van der Waals surface area contributed by atoms with Crippen molar-refractivity contribution in [3.63, 3.8) is 0 Å². The second-order valence-corrected chi connectivity index (χ2v) is 5.80. The second-order valence-electron chi connectivity index (χ2n) is 5.80. The Kier molecular flexibility index (Phi) is 4.42. The molecule has 0 bridgehead atoms. The number of ketones is 1. The van der Waals surface area contributed by atoms with Crippen LogP contribution in [-0.2, 0) is 0 Å². The Bertz CT molecular complexity index is 718. The first-order valence-electron chi connectivity index (χ1n) is 7.76. The molecule has 0 spiro atoms. The molecule has 3 rings (SSSR count). The van der Waals surface area contributed by atoms with Crippen molar-refractivity contribution < 1.29 is 14.3 Å². The molecule has 1 aliphatic rings. The highest BCUT2D eigenvalue weighted by atomic mass is 16.5. The molecule has 1 saturated carbocycles. The number of amides is 1. The third-order valence-corrected chi connectivity index (χ3v) is 3.84. The van der Waals surface area contributed by atoms with Crippen molar-refractivity contribution in [3.05, 3.63) is 65.2 Å². The van der Waals surface area contributed by atoms with Gasteiger partial charge in [-0.15, -0.1) is 0 Å². The van der Waals surface area contributed by atoms with Crippen LogP contribution in [0.5, 0.6) is 5.75 Å². The van der Waals surface area contributed by atoms with E-state index in [2.05, 4.69) is 5.32 Å². The monoisotopic (exact) mass is 309 g/mol. The molecule has 0 heterocycles. The summed E-state index contributed by atoms with van der Waals surface area (Å²) in [5.41, 5.74) is 2.22. The molecule has 0 aliphatic heterocycles. The van der Waals surface area contributed by atoms with Crippen LogP contribution in [0, 0.1) is 6.92 Å². The predicted molar refractivity (Wildman–Crippen MR) is 87.9 cm³/mol. The normalized spacial score (nSPS) is 13.4. The van der Waals surface area contributed by atoms with Crippen molar-refractivity contribution >= 4 is 11.7 Å². The van der Waals surface area contributed by atoms with Crippen LogP contribution in [0.1, 0.15) is 39.1 Å². The zero-order valence-electron chi connectivity index (χ0n) is 13.0. The predicted octanol–water partition coefficient (Wildman–Crippen LogP) is 3.15. The van der Waals surface area contributed by atoms with Crippen LogP contribution in [-0.4, -0.2) is 24.3 Å². The molecule has 0 aromatic heterocycles. The number of ether oxygens (including phenoxy) is 1. The maximum atomic E-state index is 12.2. The van der Waals surface area contributed by atoms with Gasteiger partial charge in [0.25, 0.3) is 5.91 Å². The van der Waals surface area contributed by atoms with E-state index in [1.165, 1.54) is 0 Å². The minimum Gasteiger partial charge on any atom is -0.485 e. The molecule has 4 nitrogen and oxygen atoms in total. The molecule has 0 radical (unpaired) electrons. The van der Waals surface area contributed by atoms with Gasteiger partial charge in [0.15, 0.2) is 12.4 Å². The molecule has 0 saturated heterocycles. The number of hydrogen-bond acceptors (Lipinski definition) is 3. The van der Waals surface area contributed by atoms with Crippen LogP contribution in [0.15, 0.2) is 48.5 Å². The van der Waals surface area contributed by atoms with Gasteiger partial charge in [0, 0.05) is 17.2 Å². The van der Waals surface area contributed by atoms with Crippen molar-refractivity contribution in [1.29, 1.82) is 0 Å². The molecule has 4 heteroatoms. The molecule has 118 valence electrons. The molecular weight excluding hydrogens is 290 g/mol. The molecule has 1 fully saturated rings. The van der Waals surface area contributed by atoms with Crippen molar-refractivity contribution in [3.8, 4) is 5.75 Å². The largest absolute Gasteiger partial charge is 0.485 e. The number of Topliss-reactive ketones (excluding diaryl/α,β-unsaturated/α-hetero) is 1. The lowest BCUT2D eigenvalue weighted by Crippen LogP contribution is -2.25. The van der Waals surface area contributed by atoms with E-state index in [1.54, 1.807) is 30.3 Å². The fourth-order valence-electron chi connectivity index (χ4n) is 2.31. The standard InChI is InChI=1S/C19H19NO3/c1-13-4-2-3-5-17(13)18(21)12-23-16-10-6-14(7-11-16)19(22)20-15-8-9-15/h2-7,10-11,15H,8-9,12H2,1H3,(H,20,22). The summed E-state index contributed by atoms with van der Waals surface area (Å²) >= 11 is 0. The van der Waals surface area contributed by atoms with Crippen LogP contribution in [0.4, 0.5) is 0 Å². The van der Waals surface area contributed by atoms with Gasteiger partial charge in [-0.2, -0.15) is 0 Å². The van der Waals surface area contributed by atoms with Gasteiger partial charge in [-0.3, -0.25) is 9.59 Å². The van der Waals surface area contributed by atoms with Gasteiger partial charge in [0.1, 0.15) is 5.75 Å². The first-order chi connectivity index (χ1) is 11.1. The Morgan fingerprint density at radius 2 is 1.78 bits per heavy atom. The van der Waals surface area contributed by atoms with Gasteiger partial charge in [-0.1, -0.05) is 24.3 Å². The van der Waals surface area contributed by atoms with E-state index < -0.39 is 0 Å². The first kappa shape index (κ1) is 15.3. The Hall–Kier alpha value is -2.62. The topological polar surface area (TPSA) is 55.4 Å². The number of carbonyl (C=O) groups excluding carboxylic acids is 2. The van der Waals surface area contributed by atoms with E-state index in [4.69, 9.17) is 4.74 Å². The van der Waals surface area contributed by atoms with Crippen LogP contribution in [0.3, 0.4) is 0 Å². The van der Waals surface area contributed by atoms with Crippen LogP contribution in [0.2, 0.25) is 0 Å². The second kappa shape index (κ2) is 6.65. The lowest BCUT2D eigenvalue weighted by Gasteiger charge is -2.08. The summed E-state index contributed by atoms with van der Waals surface area (Å²) in [6, 6.07) is 14.6. The van der Waals surface area contributed by atoms with Gasteiger partial charge < -0.3 is 10.1 Å². The quantitative estimate of drug-likeness (QED) is 0.834. The van der Waals surface area contributed by atoms with Crippen molar-refractivity contribution in [2.45, 2.75) is 25.8 Å². The summed E-state index contributed by atoms with van der Waals surface area (Å²) in [5.74, 6) is 0.462. The molecular formula is C19H19NO3. The van der Waals surface area contributed by atoms with Crippen LogP contribution >= 0.6 is 0 Å². The van der Waals surface area contributed by atoms with Crippen LogP contribution < -0.4 is 10.1 Å². The summed E-state index contributed by atoms with van der Waals surface area (Å²) in [4.78, 5) is 24.0. The third-order valence-electron chi connectivity index (χ3n) is 3.84. The lowest BCUT2D eigenvalue weighted by molar-refractivity contribution is 0.0917. The SMILES string of the molecule is Cc1ccccc1C(=O)COc1ccc(C(=O)NC2CC2)cc1. The van der Waals surface area contributed by atoms with Crippen LogP contribution in [0.25, 0.3) is 0 Å². The summed E-state index contributed by atoms with van der Waals surface area (Å²) in [6.45, 7) is 1.89. The maximum absolute atomic E-state index is 12.2. The number of carbonyl (C=O) groups is 2. The van der Waals surface area contributed by atoms with E-state index in [0.29, 0.717) is 22.9 Å². The van der Waals surface area contributed by atoms with Gasteiger partial charge in [0.2, 0.25) is 0 Å². The number of aryl methyl sites for hydroxylation is 1. The number of nitrogens with one attached hydrogen (secondary N) is 1. The Labute approximate surface area is 135 Å². The number of benzene rings is 2. The fraction of sp³-hybridized carbons (Fsp3) is 0.263. The zero-order valence-corrected chi connectivity index (χ0v) is 13.0. The minimum atomic E-state index is -0.0602. The number of rotatable bonds is 6. The Balaban J connectivity index is 1.57. The molecule has 2 aromatic carbocycles. The van der Waals surface area contributed by atoms with Crippen molar-refractivity contribution in [2.24, 2.45) is 0 Å². The zero-order chi connectivity index (χ0) is 16.2. The Morgan fingerprint density at radius 3 is 2.43 bits per heavy atom. The fourth-order valence-corrected chi connectivity index (χ4v) is 2.31. The number of hydrogen-bond donors (Lipinski definition) is 1. The summed E-state index contributed by atoms with van der Waals surface area (Å²) in [6.07, 6.45) is 2.13. The average Bonchev–Trinajstić information content (AvgIpc) is 3.37. The molecule has 1 amide bonds. The molecule has 23 heavy (non-hydrogen) atoms. The highest BCUT2D eigenvalue weighted by Crippen LogP contribution is 2.20. The maximum Gasteiger partial charge on any atom is 0.251 e. The van der Waals surface area contributed by atoms with E-state index in [9.17, 15) is 9.59 Å². The van der Waals surface area contributed by atoms with Gasteiger partial charge in [0.05, 0.1) is 0 Å². The van der Waals surface area contributed by atoms with E-state index >= 15 is 0 Å². The highest BCUT2D eigenvalue weighted by molar-refractivity contribution is 5.98. The molecule has 1 aliphatic carbocycles. The summed E-state index contributed by atoms with van der Waals surface area (Å²) < 4.78 is 5.52. The van der Waals surface area contributed by atoms with E-state index in [-0.39, 0.29) is 18.3 Å². The summed E-state index contributed by atoms with van der Waals surface area (Å²) in [5, 5.41) is 2.93. The molecule has 0 atom stereocenters. The molecule has 2 aromatic rings. The van der Waals surface area contributed by atoms with E-state index in [1.807, 2.05) is 25.1 Å². The molecule has 1 N–H and O–H groups in total. The van der Waals surface area contributed by atoms with Gasteiger partial charge >= 0.3 is 0 Å². The first-order valence-corrected chi connectivity index (χ1v) is 7.76. The van der Waals surface area contributed by atoms with Crippen molar-refractivity contribution in [1.82, 2.24) is 5.32 Å².